The smallest absolute Gasteiger partial charge is 0.330 e. The Labute approximate surface area is 278 Å². The van der Waals surface area contributed by atoms with Gasteiger partial charge in [-0.25, -0.2) is 4.79 Å². The molecule has 0 unspecified atom stereocenters. The van der Waals surface area contributed by atoms with E-state index in [9.17, 15) is 49.8 Å². The number of hydrogen-bond donors (Lipinski definition) is 6. The van der Waals surface area contributed by atoms with Crippen molar-refractivity contribution in [2.75, 3.05) is 6.61 Å². The molecule has 1 saturated heterocycles. The monoisotopic (exact) mass is 680 g/mol. The van der Waals surface area contributed by atoms with Gasteiger partial charge in [0.25, 0.3) is 0 Å². The van der Waals surface area contributed by atoms with Gasteiger partial charge in [0.05, 0.1) is 5.56 Å². The minimum atomic E-state index is -1.86. The first-order valence-corrected chi connectivity index (χ1v) is 14.5. The Morgan fingerprint density at radius 1 is 0.755 bits per heavy atom. The molecule has 1 aliphatic heterocycles. The van der Waals surface area contributed by atoms with Crippen LogP contribution >= 0.6 is 0 Å². The number of aromatic hydroxyl groups is 5. The van der Waals surface area contributed by atoms with Crippen LogP contribution in [0.25, 0.3) is 12.2 Å². The lowest BCUT2D eigenvalue weighted by atomic mass is 9.98. The largest absolute Gasteiger partial charge is 0.508 e. The molecule has 0 aliphatic carbocycles. The molecule has 0 amide bonds. The second-order valence-corrected chi connectivity index (χ2v) is 10.6. The minimum Gasteiger partial charge on any atom is -0.508 e. The summed E-state index contributed by atoms with van der Waals surface area (Å²) in [7, 11) is 0. The van der Waals surface area contributed by atoms with Crippen LogP contribution in [0.4, 0.5) is 0 Å². The SMILES string of the molecule is CC(=O)O[C@@H]1[C@@H](O)[C@H](Oc2ccc(C(=O)/C=C/c3ccc(O)c(O)c3)c(O)c2O)O[C@H](COC(=O)/C=C/c2ccc(O)cc2)[C@H]1OC(C)=O. The zero-order chi connectivity index (χ0) is 35.8. The van der Waals surface area contributed by atoms with Crippen molar-refractivity contribution in [2.45, 2.75) is 44.6 Å². The number of aliphatic hydroxyl groups is 1. The number of aliphatic hydroxyl groups excluding tert-OH is 1. The summed E-state index contributed by atoms with van der Waals surface area (Å²) in [5.41, 5.74) is 0.559. The third-order valence-corrected chi connectivity index (χ3v) is 6.96. The zero-order valence-electron chi connectivity index (χ0n) is 26.0. The predicted molar refractivity (Wildman–Crippen MR) is 167 cm³/mol. The maximum Gasteiger partial charge on any atom is 0.330 e. The van der Waals surface area contributed by atoms with Gasteiger partial charge in [-0.2, -0.15) is 0 Å². The van der Waals surface area contributed by atoms with Gasteiger partial charge in [0.1, 0.15) is 18.5 Å². The Morgan fingerprint density at radius 3 is 2.04 bits per heavy atom. The van der Waals surface area contributed by atoms with Crippen molar-refractivity contribution in [1.82, 2.24) is 0 Å². The average molecular weight is 681 g/mol. The first-order chi connectivity index (χ1) is 23.2. The van der Waals surface area contributed by atoms with Crippen molar-refractivity contribution < 1.29 is 73.5 Å². The highest BCUT2D eigenvalue weighted by Gasteiger charge is 2.51. The zero-order valence-corrected chi connectivity index (χ0v) is 26.0. The molecule has 4 rings (SSSR count). The summed E-state index contributed by atoms with van der Waals surface area (Å²) in [5.74, 6) is -6.40. The molecule has 258 valence electrons. The standard InChI is InChI=1S/C34H32O15/c1-17(35)46-32-27(16-45-28(41)14-7-19-3-8-21(37)9-4-19)49-34(31(44)33(32)47-18(2)36)48-26-13-10-22(29(42)30(26)43)23(38)11-5-20-6-12-24(39)25(40)15-20/h3-15,27,31-34,37,39-40,42-44H,16H2,1-2H3/b11-5+,14-7+/t27-,31-,32-,33-,34-/m1/s1. The lowest BCUT2D eigenvalue weighted by Gasteiger charge is -2.42. The first kappa shape index (κ1) is 35.8. The summed E-state index contributed by atoms with van der Waals surface area (Å²) in [6.45, 7) is 1.48. The summed E-state index contributed by atoms with van der Waals surface area (Å²) in [5, 5.41) is 60.9. The summed E-state index contributed by atoms with van der Waals surface area (Å²) < 4.78 is 27.1. The summed E-state index contributed by atoms with van der Waals surface area (Å²) >= 11 is 0. The van der Waals surface area contributed by atoms with Crippen LogP contribution in [0.5, 0.6) is 34.5 Å². The molecule has 0 saturated carbocycles. The molecule has 0 radical (unpaired) electrons. The van der Waals surface area contributed by atoms with Crippen LogP contribution in [-0.2, 0) is 33.3 Å². The van der Waals surface area contributed by atoms with Gasteiger partial charge in [0.2, 0.25) is 12.0 Å². The van der Waals surface area contributed by atoms with Gasteiger partial charge in [-0.3, -0.25) is 14.4 Å². The fourth-order valence-corrected chi connectivity index (χ4v) is 4.63. The van der Waals surface area contributed by atoms with E-state index in [0.717, 1.165) is 38.1 Å². The van der Waals surface area contributed by atoms with Crippen molar-refractivity contribution in [2.24, 2.45) is 0 Å². The molecule has 1 heterocycles. The number of phenols is 5. The predicted octanol–water partition coefficient (Wildman–Crippen LogP) is 2.70. The number of rotatable bonds is 11. The van der Waals surface area contributed by atoms with E-state index < -0.39 is 84.0 Å². The first-order valence-electron chi connectivity index (χ1n) is 14.5. The van der Waals surface area contributed by atoms with E-state index in [1.807, 2.05) is 0 Å². The van der Waals surface area contributed by atoms with E-state index in [4.69, 9.17) is 23.7 Å². The minimum absolute atomic E-state index is 0.0293. The molecule has 3 aromatic carbocycles. The number of allylic oxidation sites excluding steroid dienone is 1. The molecule has 0 aromatic heterocycles. The van der Waals surface area contributed by atoms with Gasteiger partial charge >= 0.3 is 17.9 Å². The molecule has 15 heteroatoms. The van der Waals surface area contributed by atoms with Gasteiger partial charge in [0, 0.05) is 19.9 Å². The van der Waals surface area contributed by atoms with Crippen molar-refractivity contribution in [3.63, 3.8) is 0 Å². The number of phenolic OH excluding ortho intramolecular Hbond substituents is 5. The molecule has 49 heavy (non-hydrogen) atoms. The number of ketones is 1. The maximum atomic E-state index is 12.8. The molecule has 0 spiro atoms. The third kappa shape index (κ3) is 9.27. The van der Waals surface area contributed by atoms with E-state index in [-0.39, 0.29) is 17.1 Å². The molecule has 1 aliphatic rings. The highest BCUT2D eigenvalue weighted by atomic mass is 16.7. The molecule has 6 N–H and O–H groups in total. The van der Waals surface area contributed by atoms with E-state index in [1.165, 1.54) is 42.5 Å². The molecule has 3 aromatic rings. The Balaban J connectivity index is 1.54. The number of benzene rings is 3. The Morgan fingerprint density at radius 2 is 1.39 bits per heavy atom. The number of esters is 3. The lowest BCUT2D eigenvalue weighted by molar-refractivity contribution is -0.285. The van der Waals surface area contributed by atoms with Crippen LogP contribution in [0.1, 0.15) is 35.3 Å². The molecule has 1 fully saturated rings. The third-order valence-electron chi connectivity index (χ3n) is 6.96. The highest BCUT2D eigenvalue weighted by Crippen LogP contribution is 2.40. The molecular formula is C34H32O15. The second kappa shape index (κ2) is 15.7. The summed E-state index contributed by atoms with van der Waals surface area (Å²) in [6.07, 6.45) is -3.32. The van der Waals surface area contributed by atoms with E-state index >= 15 is 0 Å². The number of hydrogen-bond acceptors (Lipinski definition) is 15. The van der Waals surface area contributed by atoms with E-state index in [0.29, 0.717) is 11.1 Å². The number of carbonyl (C=O) groups excluding carboxylic acids is 4. The molecular weight excluding hydrogens is 648 g/mol. The number of carbonyl (C=O) groups is 4. The van der Waals surface area contributed by atoms with E-state index in [2.05, 4.69) is 0 Å². The normalized spacial score (nSPS) is 20.5. The van der Waals surface area contributed by atoms with Crippen LogP contribution < -0.4 is 4.74 Å². The lowest BCUT2D eigenvalue weighted by Crippen LogP contribution is -2.62. The van der Waals surface area contributed by atoms with Gasteiger partial charge in [-0.1, -0.05) is 24.3 Å². The van der Waals surface area contributed by atoms with Gasteiger partial charge < -0.3 is 54.3 Å². The van der Waals surface area contributed by atoms with Gasteiger partial charge in [-0.15, -0.1) is 0 Å². The van der Waals surface area contributed by atoms with Crippen LogP contribution in [0.3, 0.4) is 0 Å². The second-order valence-electron chi connectivity index (χ2n) is 10.6. The van der Waals surface area contributed by atoms with Gasteiger partial charge in [0.15, 0.2) is 47.1 Å². The summed E-state index contributed by atoms with van der Waals surface area (Å²) in [4.78, 5) is 49.1. The fourth-order valence-electron chi connectivity index (χ4n) is 4.63. The van der Waals surface area contributed by atoms with Crippen LogP contribution in [-0.4, -0.2) is 91.6 Å². The fraction of sp³-hybridized carbons (Fsp3) is 0.235. The van der Waals surface area contributed by atoms with Crippen LogP contribution in [0.15, 0.2) is 66.7 Å². The van der Waals surface area contributed by atoms with Crippen molar-refractivity contribution in [3.05, 3.63) is 83.4 Å². The van der Waals surface area contributed by atoms with Crippen molar-refractivity contribution in [3.8, 4) is 34.5 Å². The van der Waals surface area contributed by atoms with Crippen LogP contribution in [0, 0.1) is 0 Å². The van der Waals surface area contributed by atoms with Gasteiger partial charge in [-0.05, 0) is 59.7 Å². The molecule has 5 atom stereocenters. The highest BCUT2D eigenvalue weighted by molar-refractivity contribution is 6.09. The average Bonchev–Trinajstić information content (AvgIpc) is 3.05. The van der Waals surface area contributed by atoms with Crippen molar-refractivity contribution in [1.29, 1.82) is 0 Å². The molecule has 15 nitrogen and oxygen atoms in total. The maximum absolute atomic E-state index is 12.8. The Hall–Kier alpha value is -6.06. The Bertz CT molecular complexity index is 1760. The Kier molecular flexibility index (Phi) is 11.5. The van der Waals surface area contributed by atoms with Crippen molar-refractivity contribution >= 4 is 35.8 Å². The van der Waals surface area contributed by atoms with Crippen LogP contribution in [0.2, 0.25) is 0 Å². The topological polar surface area (TPSA) is 236 Å². The quantitative estimate of drug-likeness (QED) is 0.0561. The summed E-state index contributed by atoms with van der Waals surface area (Å²) in [6, 6.07) is 11.9. The molecule has 0 bridgehead atoms. The van der Waals surface area contributed by atoms with E-state index in [1.54, 1.807) is 12.1 Å². The number of ether oxygens (including phenoxy) is 5.